The molecule has 1 aliphatic rings. The van der Waals surface area contributed by atoms with Crippen LogP contribution in [0, 0.1) is 0 Å². The Morgan fingerprint density at radius 3 is 2.67 bits per heavy atom. The number of guanidine groups is 1. The zero-order valence-electron chi connectivity index (χ0n) is 18.4. The van der Waals surface area contributed by atoms with E-state index in [1.54, 1.807) is 12.1 Å². The number of nitrogens with zero attached hydrogens (tertiary/aromatic N) is 1. The molecule has 8 heteroatoms. The molecule has 4 rings (SSSR count). The maximum Gasteiger partial charge on any atom is 0.291 e. The van der Waals surface area contributed by atoms with Crippen LogP contribution in [0.4, 0.5) is 11.4 Å². The predicted molar refractivity (Wildman–Crippen MR) is 128 cm³/mol. The summed E-state index contributed by atoms with van der Waals surface area (Å²) in [4.78, 5) is 28.8. The summed E-state index contributed by atoms with van der Waals surface area (Å²) in [6.45, 7) is 3.82. The lowest BCUT2D eigenvalue weighted by Gasteiger charge is -2.26. The molecule has 0 bridgehead atoms. The van der Waals surface area contributed by atoms with E-state index in [-0.39, 0.29) is 23.5 Å². The van der Waals surface area contributed by atoms with Crippen molar-refractivity contribution in [3.63, 3.8) is 0 Å². The van der Waals surface area contributed by atoms with Gasteiger partial charge in [0.15, 0.2) is 11.7 Å². The van der Waals surface area contributed by atoms with E-state index in [1.807, 2.05) is 49.4 Å². The zero-order chi connectivity index (χ0) is 23.0. The van der Waals surface area contributed by atoms with E-state index >= 15 is 0 Å². The highest BCUT2D eigenvalue weighted by Crippen LogP contribution is 2.31. The second-order valence-electron chi connectivity index (χ2n) is 7.74. The van der Waals surface area contributed by atoms with Crippen molar-refractivity contribution in [1.29, 1.82) is 0 Å². The number of aliphatic imine (C=N–C) groups is 1. The fraction of sp³-hybridized carbons (Fsp3) is 0.240. The molecule has 2 heterocycles. The zero-order valence-corrected chi connectivity index (χ0v) is 18.4. The number of carbonyl (C=O) groups is 2. The molecule has 0 fully saturated rings. The molecule has 3 aromatic rings. The summed E-state index contributed by atoms with van der Waals surface area (Å²) in [5, 5.41) is 12.3. The van der Waals surface area contributed by atoms with Gasteiger partial charge < -0.3 is 25.7 Å². The maximum atomic E-state index is 12.1. The fourth-order valence-corrected chi connectivity index (χ4v) is 3.71. The van der Waals surface area contributed by atoms with Gasteiger partial charge in [-0.05, 0) is 48.4 Å². The Morgan fingerprint density at radius 1 is 1.09 bits per heavy atom. The summed E-state index contributed by atoms with van der Waals surface area (Å²) in [5.74, 6) is 0.777. The minimum atomic E-state index is -0.289. The molecule has 2 amide bonds. The number of nitrogens with one attached hydrogen (secondary N) is 4. The van der Waals surface area contributed by atoms with Crippen molar-refractivity contribution >= 4 is 29.1 Å². The Balaban J connectivity index is 1.35. The molecular formula is C25H27N5O3. The number of hydrogen-bond acceptors (Lipinski definition) is 4. The Hall–Kier alpha value is -4.07. The molecule has 1 atom stereocenters. The van der Waals surface area contributed by atoms with Crippen molar-refractivity contribution in [2.45, 2.75) is 25.8 Å². The third-order valence-electron chi connectivity index (χ3n) is 5.34. The maximum absolute atomic E-state index is 12.1. The number of hydrogen-bond donors (Lipinski definition) is 4. The summed E-state index contributed by atoms with van der Waals surface area (Å²) < 4.78 is 5.11. The summed E-state index contributed by atoms with van der Waals surface area (Å²) in [7, 11) is 0. The fourth-order valence-electron chi connectivity index (χ4n) is 3.71. The van der Waals surface area contributed by atoms with Crippen LogP contribution in [0.1, 0.15) is 40.9 Å². The molecule has 4 N–H and O–H groups in total. The molecular weight excluding hydrogens is 418 g/mol. The second kappa shape index (κ2) is 10.5. The van der Waals surface area contributed by atoms with Crippen LogP contribution in [-0.4, -0.2) is 30.9 Å². The van der Waals surface area contributed by atoms with Crippen LogP contribution >= 0.6 is 0 Å². The van der Waals surface area contributed by atoms with E-state index in [1.165, 1.54) is 6.26 Å². The largest absolute Gasteiger partial charge is 0.459 e. The van der Waals surface area contributed by atoms with Crippen LogP contribution in [0.2, 0.25) is 0 Å². The average molecular weight is 446 g/mol. The third-order valence-corrected chi connectivity index (χ3v) is 5.34. The third kappa shape index (κ3) is 5.79. The van der Waals surface area contributed by atoms with Crippen LogP contribution in [0.3, 0.4) is 0 Å². The number of para-hydroxylation sites is 1. The van der Waals surface area contributed by atoms with Gasteiger partial charge >= 0.3 is 0 Å². The van der Waals surface area contributed by atoms with Crippen molar-refractivity contribution in [3.8, 4) is 0 Å². The van der Waals surface area contributed by atoms with Gasteiger partial charge in [-0.1, -0.05) is 30.3 Å². The van der Waals surface area contributed by atoms with Crippen molar-refractivity contribution in [1.82, 2.24) is 10.6 Å². The molecule has 2 aromatic carbocycles. The molecule has 33 heavy (non-hydrogen) atoms. The number of amides is 2. The van der Waals surface area contributed by atoms with Crippen molar-refractivity contribution < 1.29 is 14.0 Å². The highest BCUT2D eigenvalue weighted by molar-refractivity contribution is 6.02. The number of benzene rings is 2. The first-order valence-corrected chi connectivity index (χ1v) is 11.0. The molecule has 1 aromatic heterocycles. The van der Waals surface area contributed by atoms with Gasteiger partial charge in [0.1, 0.15) is 0 Å². The highest BCUT2D eigenvalue weighted by Gasteiger charge is 2.24. The monoisotopic (exact) mass is 445 g/mol. The van der Waals surface area contributed by atoms with Gasteiger partial charge in [0.05, 0.1) is 12.8 Å². The van der Waals surface area contributed by atoms with Gasteiger partial charge in [-0.3, -0.25) is 9.59 Å². The summed E-state index contributed by atoms with van der Waals surface area (Å²) >= 11 is 0. The summed E-state index contributed by atoms with van der Waals surface area (Å²) in [6, 6.07) is 18.7. The van der Waals surface area contributed by atoms with E-state index in [0.717, 1.165) is 23.4 Å². The Morgan fingerprint density at radius 2 is 1.91 bits per heavy atom. The van der Waals surface area contributed by atoms with Crippen molar-refractivity contribution in [3.05, 3.63) is 83.8 Å². The normalized spacial score (nSPS) is 15.4. The van der Waals surface area contributed by atoms with Gasteiger partial charge in [0, 0.05) is 36.8 Å². The lowest BCUT2D eigenvalue weighted by molar-refractivity contribution is -0.116. The number of rotatable bonds is 7. The lowest BCUT2D eigenvalue weighted by Crippen LogP contribution is -2.40. The van der Waals surface area contributed by atoms with Gasteiger partial charge in [-0.15, -0.1) is 0 Å². The quantitative estimate of drug-likeness (QED) is 0.328. The second-order valence-corrected chi connectivity index (χ2v) is 7.74. The highest BCUT2D eigenvalue weighted by atomic mass is 16.3. The number of furan rings is 1. The summed E-state index contributed by atoms with van der Waals surface area (Å²) in [5.41, 5.74) is 3.70. The minimum Gasteiger partial charge on any atom is -0.459 e. The van der Waals surface area contributed by atoms with Crippen LogP contribution in [0.25, 0.3) is 0 Å². The van der Waals surface area contributed by atoms with Gasteiger partial charge in [-0.2, -0.15) is 0 Å². The van der Waals surface area contributed by atoms with Crippen molar-refractivity contribution in [2.75, 3.05) is 23.7 Å². The molecule has 170 valence electrons. The van der Waals surface area contributed by atoms with Crippen LogP contribution in [0.15, 0.2) is 76.3 Å². The SMILES string of the molecule is CCNC(=NCc1ccc(NC(=O)c2ccco2)cc1)NCC1CC(=O)Nc2ccccc21. The molecule has 1 aliphatic heterocycles. The van der Waals surface area contributed by atoms with Gasteiger partial charge in [0.2, 0.25) is 5.91 Å². The minimum absolute atomic E-state index is 0.0293. The summed E-state index contributed by atoms with van der Waals surface area (Å²) in [6.07, 6.45) is 1.91. The van der Waals surface area contributed by atoms with Crippen LogP contribution in [0.5, 0.6) is 0 Å². The van der Waals surface area contributed by atoms with E-state index in [9.17, 15) is 9.59 Å². The number of anilines is 2. The smallest absolute Gasteiger partial charge is 0.291 e. The first kappa shape index (κ1) is 22.1. The molecule has 0 saturated heterocycles. The van der Waals surface area contributed by atoms with Gasteiger partial charge in [-0.25, -0.2) is 4.99 Å². The van der Waals surface area contributed by atoms with E-state index in [4.69, 9.17) is 4.42 Å². The van der Waals surface area contributed by atoms with E-state index in [0.29, 0.717) is 31.2 Å². The molecule has 0 saturated carbocycles. The topological polar surface area (TPSA) is 108 Å². The molecule has 0 radical (unpaired) electrons. The standard InChI is InChI=1S/C25H27N5O3/c1-2-26-25(28-16-18-14-23(31)30-21-7-4-3-6-20(18)21)27-15-17-9-11-19(12-10-17)29-24(32)22-8-5-13-33-22/h3-13,18H,2,14-16H2,1H3,(H,29,32)(H,30,31)(H2,26,27,28). The Bertz CT molecular complexity index is 1120. The van der Waals surface area contributed by atoms with Crippen LogP contribution < -0.4 is 21.3 Å². The van der Waals surface area contributed by atoms with E-state index < -0.39 is 0 Å². The first-order chi connectivity index (χ1) is 16.1. The lowest BCUT2D eigenvalue weighted by atomic mass is 9.90. The van der Waals surface area contributed by atoms with Crippen molar-refractivity contribution in [2.24, 2.45) is 4.99 Å². The predicted octanol–water partition coefficient (Wildman–Crippen LogP) is 3.71. The Labute approximate surface area is 192 Å². The Kier molecular flexibility index (Phi) is 7.04. The molecule has 1 unspecified atom stereocenters. The molecule has 0 aliphatic carbocycles. The first-order valence-electron chi connectivity index (χ1n) is 11.0. The van der Waals surface area contributed by atoms with Gasteiger partial charge in [0.25, 0.3) is 5.91 Å². The molecule has 8 nitrogen and oxygen atoms in total. The average Bonchev–Trinajstić information content (AvgIpc) is 3.37. The molecule has 0 spiro atoms. The van der Waals surface area contributed by atoms with E-state index in [2.05, 4.69) is 32.3 Å². The van der Waals surface area contributed by atoms with Crippen LogP contribution in [-0.2, 0) is 11.3 Å². The number of fused-ring (bicyclic) bond motifs is 1. The number of carbonyl (C=O) groups excluding carboxylic acids is 2.